The van der Waals surface area contributed by atoms with E-state index in [9.17, 15) is 18.0 Å². The highest BCUT2D eigenvalue weighted by Gasteiger charge is 2.32. The molecule has 0 aliphatic rings. The average molecular weight is 427 g/mol. The number of hydrogen-bond acceptors (Lipinski definition) is 5. The van der Waals surface area contributed by atoms with Crippen molar-refractivity contribution in [3.63, 3.8) is 0 Å². The standard InChI is InChI=1S/C21H16F3N5O2/c1-12-9-14(10-13(2)26-12)27-20(30)16-11-25-29-8-7-17(28-19(16)29)15-5-3-4-6-18(15)31-21(22,23)24/h3-11H,1-2H3,(H,26,27,30). The van der Waals surface area contributed by atoms with Crippen molar-refractivity contribution >= 4 is 17.2 Å². The third kappa shape index (κ3) is 4.47. The van der Waals surface area contributed by atoms with Gasteiger partial charge in [-0.05, 0) is 44.2 Å². The minimum Gasteiger partial charge on any atom is -0.405 e. The zero-order valence-corrected chi connectivity index (χ0v) is 16.4. The van der Waals surface area contributed by atoms with Crippen LogP contribution in [0.25, 0.3) is 16.9 Å². The summed E-state index contributed by atoms with van der Waals surface area (Å²) < 4.78 is 43.8. The Hall–Kier alpha value is -3.95. The molecule has 0 radical (unpaired) electrons. The van der Waals surface area contributed by atoms with E-state index >= 15 is 0 Å². The van der Waals surface area contributed by atoms with Gasteiger partial charge in [0, 0.05) is 28.8 Å². The minimum absolute atomic E-state index is 0.135. The van der Waals surface area contributed by atoms with Crippen LogP contribution in [0.15, 0.2) is 54.9 Å². The third-order valence-electron chi connectivity index (χ3n) is 4.34. The Bertz CT molecular complexity index is 1260. The van der Waals surface area contributed by atoms with Gasteiger partial charge >= 0.3 is 6.36 Å². The summed E-state index contributed by atoms with van der Waals surface area (Å²) in [5.74, 6) is -0.843. The Morgan fingerprint density at radius 1 is 1.06 bits per heavy atom. The van der Waals surface area contributed by atoms with Crippen LogP contribution in [0, 0.1) is 13.8 Å². The van der Waals surface area contributed by atoms with Gasteiger partial charge in [-0.3, -0.25) is 9.78 Å². The maximum atomic E-state index is 12.8. The first-order chi connectivity index (χ1) is 14.7. The van der Waals surface area contributed by atoms with Crippen molar-refractivity contribution in [1.29, 1.82) is 0 Å². The highest BCUT2D eigenvalue weighted by atomic mass is 19.4. The van der Waals surface area contributed by atoms with Crippen molar-refractivity contribution in [3.05, 3.63) is 71.8 Å². The topological polar surface area (TPSA) is 81.4 Å². The van der Waals surface area contributed by atoms with E-state index in [2.05, 4.69) is 25.1 Å². The maximum Gasteiger partial charge on any atom is 0.573 e. The molecule has 0 saturated carbocycles. The summed E-state index contributed by atoms with van der Waals surface area (Å²) in [6.45, 7) is 3.62. The van der Waals surface area contributed by atoms with Gasteiger partial charge in [0.1, 0.15) is 11.3 Å². The molecule has 0 aliphatic heterocycles. The number of carbonyl (C=O) groups is 1. The van der Waals surface area contributed by atoms with Gasteiger partial charge in [0.2, 0.25) is 0 Å². The Morgan fingerprint density at radius 2 is 1.77 bits per heavy atom. The predicted octanol–water partition coefficient (Wildman–Crippen LogP) is 4.56. The molecule has 0 bridgehead atoms. The second-order valence-corrected chi connectivity index (χ2v) is 6.78. The molecule has 0 unspecified atom stereocenters. The van der Waals surface area contributed by atoms with Gasteiger partial charge in [-0.15, -0.1) is 13.2 Å². The molecule has 158 valence electrons. The number of aromatic nitrogens is 4. The number of aryl methyl sites for hydroxylation is 2. The molecule has 0 spiro atoms. The number of benzene rings is 1. The van der Waals surface area contributed by atoms with Gasteiger partial charge in [-0.1, -0.05) is 12.1 Å². The molecule has 0 fully saturated rings. The van der Waals surface area contributed by atoms with E-state index in [1.807, 2.05) is 13.8 Å². The van der Waals surface area contributed by atoms with Crippen LogP contribution in [-0.2, 0) is 0 Å². The van der Waals surface area contributed by atoms with Gasteiger partial charge in [-0.2, -0.15) is 5.10 Å². The van der Waals surface area contributed by atoms with Crippen LogP contribution in [0.3, 0.4) is 0 Å². The minimum atomic E-state index is -4.84. The van der Waals surface area contributed by atoms with Crippen molar-refractivity contribution < 1.29 is 22.7 Å². The number of nitrogens with one attached hydrogen (secondary N) is 1. The van der Waals surface area contributed by atoms with E-state index in [4.69, 9.17) is 0 Å². The number of hydrogen-bond donors (Lipinski definition) is 1. The summed E-state index contributed by atoms with van der Waals surface area (Å²) in [6.07, 6.45) is -1.98. The van der Waals surface area contributed by atoms with Crippen LogP contribution in [0.1, 0.15) is 21.7 Å². The number of halogens is 3. The smallest absolute Gasteiger partial charge is 0.405 e. The Balaban J connectivity index is 1.71. The van der Waals surface area contributed by atoms with Crippen LogP contribution in [0.4, 0.5) is 18.9 Å². The number of alkyl halides is 3. The molecule has 1 amide bonds. The second-order valence-electron chi connectivity index (χ2n) is 6.78. The normalized spacial score (nSPS) is 11.5. The Kier molecular flexibility index (Phi) is 5.05. The van der Waals surface area contributed by atoms with Crippen LogP contribution < -0.4 is 10.1 Å². The van der Waals surface area contributed by atoms with E-state index in [0.29, 0.717) is 5.69 Å². The Labute approximate surface area is 174 Å². The van der Waals surface area contributed by atoms with Crippen LogP contribution in [0.5, 0.6) is 5.75 Å². The largest absolute Gasteiger partial charge is 0.573 e. The van der Waals surface area contributed by atoms with Gasteiger partial charge < -0.3 is 10.1 Å². The van der Waals surface area contributed by atoms with Crippen LogP contribution in [-0.4, -0.2) is 31.9 Å². The predicted molar refractivity (Wildman–Crippen MR) is 107 cm³/mol. The lowest BCUT2D eigenvalue weighted by atomic mass is 10.1. The molecule has 31 heavy (non-hydrogen) atoms. The summed E-state index contributed by atoms with van der Waals surface area (Å²) in [4.78, 5) is 21.5. The first-order valence-electron chi connectivity index (χ1n) is 9.16. The van der Waals surface area contributed by atoms with Crippen molar-refractivity contribution in [2.75, 3.05) is 5.32 Å². The van der Waals surface area contributed by atoms with E-state index < -0.39 is 12.3 Å². The molecule has 4 aromatic rings. The zero-order valence-electron chi connectivity index (χ0n) is 16.4. The molecule has 3 heterocycles. The van der Waals surface area contributed by atoms with Crippen molar-refractivity contribution in [1.82, 2.24) is 19.6 Å². The maximum absolute atomic E-state index is 12.8. The number of anilines is 1. The van der Waals surface area contributed by atoms with E-state index in [1.165, 1.54) is 41.2 Å². The third-order valence-corrected chi connectivity index (χ3v) is 4.34. The highest BCUT2D eigenvalue weighted by molar-refractivity contribution is 6.08. The van der Waals surface area contributed by atoms with Gasteiger partial charge in [0.25, 0.3) is 5.91 Å². The SMILES string of the molecule is Cc1cc(NC(=O)c2cnn3ccc(-c4ccccc4OC(F)(F)F)nc23)cc(C)n1. The van der Waals surface area contributed by atoms with Gasteiger partial charge in [0.05, 0.1) is 11.9 Å². The molecule has 3 aromatic heterocycles. The van der Waals surface area contributed by atoms with Crippen LogP contribution in [0.2, 0.25) is 0 Å². The molecular weight excluding hydrogens is 411 g/mol. The lowest BCUT2D eigenvalue weighted by Crippen LogP contribution is -2.17. The number of amides is 1. The second kappa shape index (κ2) is 7.71. The monoisotopic (exact) mass is 427 g/mol. The summed E-state index contributed by atoms with van der Waals surface area (Å²) in [7, 11) is 0. The van der Waals surface area contributed by atoms with Crippen molar-refractivity contribution in [2.24, 2.45) is 0 Å². The number of carbonyl (C=O) groups excluding carboxylic acids is 1. The molecular formula is C21H16F3N5O2. The number of ether oxygens (including phenoxy) is 1. The van der Waals surface area contributed by atoms with E-state index in [0.717, 1.165) is 11.4 Å². The number of rotatable bonds is 4. The fourth-order valence-corrected chi connectivity index (χ4v) is 3.18. The molecule has 0 aliphatic carbocycles. The number of para-hydroxylation sites is 1. The quantitative estimate of drug-likeness (QED) is 0.516. The summed E-state index contributed by atoms with van der Waals surface area (Å²) in [5.41, 5.74) is 2.76. The highest BCUT2D eigenvalue weighted by Crippen LogP contribution is 2.33. The average Bonchev–Trinajstić information content (AvgIpc) is 3.09. The lowest BCUT2D eigenvalue weighted by molar-refractivity contribution is -0.274. The summed E-state index contributed by atoms with van der Waals surface area (Å²) >= 11 is 0. The lowest BCUT2D eigenvalue weighted by Gasteiger charge is -2.13. The zero-order chi connectivity index (χ0) is 22.2. The fourth-order valence-electron chi connectivity index (χ4n) is 3.18. The van der Waals surface area contributed by atoms with E-state index in [-0.39, 0.29) is 28.2 Å². The summed E-state index contributed by atoms with van der Waals surface area (Å²) in [6, 6.07) is 10.6. The Morgan fingerprint density at radius 3 is 2.48 bits per heavy atom. The molecule has 10 heteroatoms. The van der Waals surface area contributed by atoms with Gasteiger partial charge in [-0.25, -0.2) is 9.50 Å². The van der Waals surface area contributed by atoms with E-state index in [1.54, 1.807) is 18.2 Å². The number of pyridine rings is 1. The molecule has 4 rings (SSSR count). The molecule has 0 atom stereocenters. The molecule has 7 nitrogen and oxygen atoms in total. The summed E-state index contributed by atoms with van der Waals surface area (Å²) in [5, 5.41) is 6.88. The number of nitrogens with zero attached hydrogens (tertiary/aromatic N) is 4. The number of fused-ring (bicyclic) bond motifs is 1. The molecule has 1 aromatic carbocycles. The molecule has 1 N–H and O–H groups in total. The molecule has 0 saturated heterocycles. The van der Waals surface area contributed by atoms with Crippen LogP contribution >= 0.6 is 0 Å². The first kappa shape index (κ1) is 20.3. The fraction of sp³-hybridized carbons (Fsp3) is 0.143. The van der Waals surface area contributed by atoms with Gasteiger partial charge in [0.15, 0.2) is 5.65 Å². The first-order valence-corrected chi connectivity index (χ1v) is 9.16. The van der Waals surface area contributed by atoms with Crippen molar-refractivity contribution in [2.45, 2.75) is 20.2 Å². The van der Waals surface area contributed by atoms with Crippen molar-refractivity contribution in [3.8, 4) is 17.0 Å².